The first kappa shape index (κ1) is 12.2. The molecule has 0 atom stereocenters. The molecule has 0 aliphatic rings. The number of benzene rings is 1. The van der Waals surface area contributed by atoms with E-state index in [2.05, 4.69) is 64.4 Å². The second-order valence-electron chi connectivity index (χ2n) is 6.15. The number of aromatic nitrogens is 2. The highest BCUT2D eigenvalue weighted by Crippen LogP contribution is 2.27. The Morgan fingerprint density at radius 1 is 1.18 bits per heavy atom. The zero-order valence-electron chi connectivity index (χ0n) is 11.7. The lowest BCUT2D eigenvalue weighted by molar-refractivity contribution is 0.526. The summed E-state index contributed by atoms with van der Waals surface area (Å²) in [5.41, 5.74) is 3.78. The highest BCUT2D eigenvalue weighted by Gasteiger charge is 2.21. The first-order chi connectivity index (χ1) is 7.80. The normalized spacial score (nSPS) is 12.6. The summed E-state index contributed by atoms with van der Waals surface area (Å²) in [7, 11) is 2.10. The van der Waals surface area contributed by atoms with E-state index in [1.165, 1.54) is 11.1 Å². The molecule has 2 rings (SSSR count). The van der Waals surface area contributed by atoms with Crippen LogP contribution in [0.1, 0.15) is 51.9 Å². The summed E-state index contributed by atoms with van der Waals surface area (Å²) in [6, 6.07) is 6.61. The molecule has 0 unspecified atom stereocenters. The number of nitrogens with zero attached hydrogens (tertiary/aromatic N) is 2. The molecule has 0 amide bonds. The van der Waals surface area contributed by atoms with Crippen molar-refractivity contribution in [3.05, 3.63) is 29.6 Å². The standard InChI is InChI=1S/C15H22N2/c1-10(2)11-7-8-13-12(9-11)16-14(17(13)6)15(3,4)5/h7-10H,1-6H3. The van der Waals surface area contributed by atoms with Crippen LogP contribution in [0.4, 0.5) is 0 Å². The van der Waals surface area contributed by atoms with Crippen LogP contribution in [0.2, 0.25) is 0 Å². The highest BCUT2D eigenvalue weighted by molar-refractivity contribution is 5.77. The molecule has 0 fully saturated rings. The number of aryl methyl sites for hydroxylation is 1. The fraction of sp³-hybridized carbons (Fsp3) is 0.533. The number of imidazole rings is 1. The minimum Gasteiger partial charge on any atom is -0.331 e. The Bertz CT molecular complexity index is 542. The van der Waals surface area contributed by atoms with E-state index in [-0.39, 0.29) is 5.41 Å². The second-order valence-corrected chi connectivity index (χ2v) is 6.15. The Labute approximate surface area is 104 Å². The van der Waals surface area contributed by atoms with Gasteiger partial charge in [-0.05, 0) is 23.6 Å². The third kappa shape index (κ3) is 2.08. The quantitative estimate of drug-likeness (QED) is 0.724. The second kappa shape index (κ2) is 3.86. The van der Waals surface area contributed by atoms with E-state index in [0.29, 0.717) is 5.92 Å². The Morgan fingerprint density at radius 2 is 1.82 bits per heavy atom. The summed E-state index contributed by atoms with van der Waals surface area (Å²) >= 11 is 0. The Hall–Kier alpha value is -1.31. The summed E-state index contributed by atoms with van der Waals surface area (Å²) in [6.45, 7) is 11.1. The predicted molar refractivity (Wildman–Crippen MR) is 73.5 cm³/mol. The Balaban J connectivity index is 2.66. The summed E-state index contributed by atoms with van der Waals surface area (Å²) < 4.78 is 2.21. The van der Waals surface area contributed by atoms with Gasteiger partial charge in [-0.25, -0.2) is 4.98 Å². The first-order valence-electron chi connectivity index (χ1n) is 6.27. The van der Waals surface area contributed by atoms with Crippen LogP contribution in [0.15, 0.2) is 18.2 Å². The molecule has 0 saturated carbocycles. The molecule has 2 aromatic rings. The van der Waals surface area contributed by atoms with Crippen LogP contribution in [0.3, 0.4) is 0 Å². The van der Waals surface area contributed by atoms with Gasteiger partial charge in [0.25, 0.3) is 0 Å². The predicted octanol–water partition coefficient (Wildman–Crippen LogP) is 3.99. The van der Waals surface area contributed by atoms with Crippen LogP contribution in [0.25, 0.3) is 11.0 Å². The van der Waals surface area contributed by atoms with Crippen LogP contribution in [-0.2, 0) is 12.5 Å². The van der Waals surface area contributed by atoms with Gasteiger partial charge in [0.15, 0.2) is 0 Å². The minimum atomic E-state index is 0.0891. The van der Waals surface area contributed by atoms with Crippen molar-refractivity contribution in [2.45, 2.75) is 46.0 Å². The summed E-state index contributed by atoms with van der Waals surface area (Å²) in [6.07, 6.45) is 0. The molecular formula is C15H22N2. The van der Waals surface area contributed by atoms with E-state index in [0.717, 1.165) is 11.3 Å². The van der Waals surface area contributed by atoms with Crippen molar-refractivity contribution in [2.24, 2.45) is 7.05 Å². The molecule has 2 heteroatoms. The molecule has 1 aromatic heterocycles. The van der Waals surface area contributed by atoms with Gasteiger partial charge in [0.1, 0.15) is 5.82 Å². The van der Waals surface area contributed by atoms with Crippen molar-refractivity contribution in [1.29, 1.82) is 0 Å². The van der Waals surface area contributed by atoms with Crippen LogP contribution >= 0.6 is 0 Å². The van der Waals surface area contributed by atoms with E-state index in [9.17, 15) is 0 Å². The molecule has 1 heterocycles. The lowest BCUT2D eigenvalue weighted by atomic mass is 9.96. The third-order valence-electron chi connectivity index (χ3n) is 3.24. The molecule has 0 N–H and O–H groups in total. The fourth-order valence-electron chi connectivity index (χ4n) is 2.25. The van der Waals surface area contributed by atoms with Gasteiger partial charge in [0, 0.05) is 12.5 Å². The van der Waals surface area contributed by atoms with Gasteiger partial charge in [-0.3, -0.25) is 0 Å². The van der Waals surface area contributed by atoms with Crippen molar-refractivity contribution in [3.63, 3.8) is 0 Å². The summed E-state index contributed by atoms with van der Waals surface area (Å²) in [4.78, 5) is 4.79. The molecule has 0 radical (unpaired) electrons. The van der Waals surface area contributed by atoms with Crippen molar-refractivity contribution in [1.82, 2.24) is 9.55 Å². The van der Waals surface area contributed by atoms with Crippen molar-refractivity contribution in [3.8, 4) is 0 Å². The maximum Gasteiger partial charge on any atom is 0.115 e. The van der Waals surface area contributed by atoms with Crippen LogP contribution < -0.4 is 0 Å². The van der Waals surface area contributed by atoms with Crippen molar-refractivity contribution in [2.75, 3.05) is 0 Å². The molecule has 0 aliphatic heterocycles. The molecule has 0 bridgehead atoms. The van der Waals surface area contributed by atoms with E-state index in [4.69, 9.17) is 4.98 Å². The molecule has 1 aromatic carbocycles. The lowest BCUT2D eigenvalue weighted by Gasteiger charge is -2.17. The topological polar surface area (TPSA) is 17.8 Å². The third-order valence-corrected chi connectivity index (χ3v) is 3.24. The molecule has 0 aliphatic carbocycles. The van der Waals surface area contributed by atoms with Crippen molar-refractivity contribution >= 4 is 11.0 Å². The van der Waals surface area contributed by atoms with Crippen molar-refractivity contribution < 1.29 is 0 Å². The molecule has 0 saturated heterocycles. The first-order valence-corrected chi connectivity index (χ1v) is 6.27. The van der Waals surface area contributed by atoms with E-state index in [1.54, 1.807) is 0 Å². The summed E-state index contributed by atoms with van der Waals surface area (Å²) in [5, 5.41) is 0. The van der Waals surface area contributed by atoms with Gasteiger partial charge < -0.3 is 4.57 Å². The van der Waals surface area contributed by atoms with Gasteiger partial charge in [-0.2, -0.15) is 0 Å². The fourth-order valence-corrected chi connectivity index (χ4v) is 2.25. The number of hydrogen-bond acceptors (Lipinski definition) is 1. The SMILES string of the molecule is CC(C)c1ccc2c(c1)nc(C(C)(C)C)n2C. The van der Waals surface area contributed by atoms with Gasteiger partial charge in [-0.15, -0.1) is 0 Å². The minimum absolute atomic E-state index is 0.0891. The average Bonchev–Trinajstić information content (AvgIpc) is 2.55. The van der Waals surface area contributed by atoms with Gasteiger partial charge in [-0.1, -0.05) is 40.7 Å². The molecule has 2 nitrogen and oxygen atoms in total. The lowest BCUT2D eigenvalue weighted by Crippen LogP contribution is -2.17. The van der Waals surface area contributed by atoms with Crippen LogP contribution in [0.5, 0.6) is 0 Å². The largest absolute Gasteiger partial charge is 0.331 e. The summed E-state index contributed by atoms with van der Waals surface area (Å²) in [5.74, 6) is 1.70. The van der Waals surface area contributed by atoms with E-state index < -0.39 is 0 Å². The average molecular weight is 230 g/mol. The van der Waals surface area contributed by atoms with Crippen LogP contribution in [0, 0.1) is 0 Å². The van der Waals surface area contributed by atoms with Gasteiger partial charge in [0.2, 0.25) is 0 Å². The number of rotatable bonds is 1. The zero-order valence-corrected chi connectivity index (χ0v) is 11.7. The van der Waals surface area contributed by atoms with Gasteiger partial charge in [0.05, 0.1) is 11.0 Å². The monoisotopic (exact) mass is 230 g/mol. The van der Waals surface area contributed by atoms with E-state index >= 15 is 0 Å². The van der Waals surface area contributed by atoms with Crippen LogP contribution in [-0.4, -0.2) is 9.55 Å². The maximum absolute atomic E-state index is 4.79. The smallest absolute Gasteiger partial charge is 0.115 e. The highest BCUT2D eigenvalue weighted by atomic mass is 15.1. The molecular weight excluding hydrogens is 208 g/mol. The molecule has 92 valence electrons. The van der Waals surface area contributed by atoms with Gasteiger partial charge >= 0.3 is 0 Å². The zero-order chi connectivity index (χ0) is 12.8. The molecule has 17 heavy (non-hydrogen) atoms. The number of fused-ring (bicyclic) bond motifs is 1. The van der Waals surface area contributed by atoms with E-state index in [1.807, 2.05) is 0 Å². The Morgan fingerprint density at radius 3 is 2.35 bits per heavy atom. The Kier molecular flexibility index (Phi) is 2.76. The maximum atomic E-state index is 4.79. The number of hydrogen-bond donors (Lipinski definition) is 0. The molecule has 0 spiro atoms.